The maximum Gasteiger partial charge on any atom is 0.237 e. The highest BCUT2D eigenvalue weighted by Crippen LogP contribution is 2.06. The molecule has 1 saturated heterocycles. The third kappa shape index (κ3) is 5.20. The summed E-state index contributed by atoms with van der Waals surface area (Å²) in [6.07, 6.45) is 9.13. The second kappa shape index (κ2) is 8.17. The van der Waals surface area contributed by atoms with Crippen molar-refractivity contribution in [2.45, 2.75) is 38.1 Å². The van der Waals surface area contributed by atoms with Gasteiger partial charge in [-0.25, -0.2) is 0 Å². The number of nitrogens with zero attached hydrogens (tertiary/aromatic N) is 2. The van der Waals surface area contributed by atoms with Crippen LogP contribution in [0, 0.1) is 0 Å². The Morgan fingerprint density at radius 2 is 2.42 bits per heavy atom. The van der Waals surface area contributed by atoms with E-state index >= 15 is 0 Å². The minimum absolute atomic E-state index is 0. The number of nitrogens with one attached hydrogen (secondary N) is 2. The Labute approximate surface area is 120 Å². The van der Waals surface area contributed by atoms with Crippen LogP contribution in [0.1, 0.15) is 31.2 Å². The summed E-state index contributed by atoms with van der Waals surface area (Å²) in [5.41, 5.74) is 1.22. The molecule has 108 valence electrons. The van der Waals surface area contributed by atoms with Gasteiger partial charge in [0.15, 0.2) is 0 Å². The van der Waals surface area contributed by atoms with Gasteiger partial charge in [-0.05, 0) is 37.8 Å². The predicted octanol–water partition coefficient (Wildman–Crippen LogP) is 1.03. The van der Waals surface area contributed by atoms with Crippen LogP contribution < -0.4 is 10.6 Å². The van der Waals surface area contributed by atoms with E-state index in [1.165, 1.54) is 12.0 Å². The molecule has 1 aromatic rings. The van der Waals surface area contributed by atoms with Crippen molar-refractivity contribution in [2.24, 2.45) is 7.05 Å². The first kappa shape index (κ1) is 16.0. The molecule has 1 aliphatic heterocycles. The Bertz CT molecular complexity index is 388. The van der Waals surface area contributed by atoms with Gasteiger partial charge >= 0.3 is 0 Å². The highest BCUT2D eigenvalue weighted by Gasteiger charge is 2.19. The van der Waals surface area contributed by atoms with E-state index in [-0.39, 0.29) is 24.4 Å². The number of rotatable bonds is 5. The molecule has 1 unspecified atom stereocenters. The van der Waals surface area contributed by atoms with Crippen molar-refractivity contribution in [2.75, 3.05) is 13.1 Å². The highest BCUT2D eigenvalue weighted by molar-refractivity contribution is 5.85. The molecule has 0 aliphatic carbocycles. The van der Waals surface area contributed by atoms with E-state index in [0.29, 0.717) is 0 Å². The predicted molar refractivity (Wildman–Crippen MR) is 77.4 cm³/mol. The quantitative estimate of drug-likeness (QED) is 0.795. The van der Waals surface area contributed by atoms with Gasteiger partial charge in [-0.1, -0.05) is 6.42 Å². The number of aromatic nitrogens is 2. The lowest BCUT2D eigenvalue weighted by Crippen LogP contribution is -2.46. The number of amides is 1. The van der Waals surface area contributed by atoms with Gasteiger partial charge in [-0.3, -0.25) is 9.48 Å². The minimum Gasteiger partial charge on any atom is -0.355 e. The first-order valence-corrected chi connectivity index (χ1v) is 6.74. The van der Waals surface area contributed by atoms with Crippen LogP contribution >= 0.6 is 12.4 Å². The molecule has 2 rings (SSSR count). The van der Waals surface area contributed by atoms with Crippen molar-refractivity contribution in [3.05, 3.63) is 18.0 Å². The standard InChI is InChI=1S/C13H22N4O.ClH/c1-17-10-11(9-16-17)5-4-8-15-13(18)12-6-2-3-7-14-12;/h9-10,12,14H,2-8H2,1H3,(H,15,18);1H. The van der Waals surface area contributed by atoms with Crippen LogP contribution in [-0.2, 0) is 18.3 Å². The fourth-order valence-electron chi connectivity index (χ4n) is 2.30. The summed E-state index contributed by atoms with van der Waals surface area (Å²) in [5.74, 6) is 0.154. The number of hydrogen-bond donors (Lipinski definition) is 2. The first-order valence-electron chi connectivity index (χ1n) is 6.74. The lowest BCUT2D eigenvalue weighted by molar-refractivity contribution is -0.123. The number of piperidine rings is 1. The van der Waals surface area contributed by atoms with Crippen molar-refractivity contribution >= 4 is 18.3 Å². The average Bonchev–Trinajstić information content (AvgIpc) is 2.81. The van der Waals surface area contributed by atoms with E-state index in [0.717, 1.165) is 38.8 Å². The van der Waals surface area contributed by atoms with Gasteiger partial charge in [-0.15, -0.1) is 12.4 Å². The van der Waals surface area contributed by atoms with Crippen molar-refractivity contribution in [3.8, 4) is 0 Å². The highest BCUT2D eigenvalue weighted by atomic mass is 35.5. The molecule has 1 aliphatic rings. The Hall–Kier alpha value is -1.07. The summed E-state index contributed by atoms with van der Waals surface area (Å²) in [6, 6.07) is 0.0251. The van der Waals surface area contributed by atoms with Crippen molar-refractivity contribution in [1.82, 2.24) is 20.4 Å². The molecular weight excluding hydrogens is 264 g/mol. The molecule has 0 radical (unpaired) electrons. The number of aryl methyl sites for hydroxylation is 2. The normalized spacial score (nSPS) is 18.7. The van der Waals surface area contributed by atoms with Gasteiger partial charge in [0, 0.05) is 19.8 Å². The summed E-state index contributed by atoms with van der Waals surface area (Å²) in [4.78, 5) is 11.8. The summed E-state index contributed by atoms with van der Waals surface area (Å²) in [5, 5.41) is 10.4. The van der Waals surface area contributed by atoms with E-state index in [1.807, 2.05) is 19.4 Å². The Balaban J connectivity index is 0.00000180. The summed E-state index contributed by atoms with van der Waals surface area (Å²) in [7, 11) is 1.92. The molecule has 1 fully saturated rings. The van der Waals surface area contributed by atoms with Crippen LogP contribution in [0.5, 0.6) is 0 Å². The van der Waals surface area contributed by atoms with Crippen LogP contribution in [0.15, 0.2) is 12.4 Å². The molecule has 1 aromatic heterocycles. The molecule has 0 spiro atoms. The molecule has 19 heavy (non-hydrogen) atoms. The largest absolute Gasteiger partial charge is 0.355 e. The van der Waals surface area contributed by atoms with Crippen LogP contribution in [-0.4, -0.2) is 34.8 Å². The number of hydrogen-bond acceptors (Lipinski definition) is 3. The third-order valence-corrected chi connectivity index (χ3v) is 3.33. The molecule has 0 saturated carbocycles. The summed E-state index contributed by atoms with van der Waals surface area (Å²) >= 11 is 0. The monoisotopic (exact) mass is 286 g/mol. The maximum absolute atomic E-state index is 11.8. The fourth-order valence-corrected chi connectivity index (χ4v) is 2.30. The molecular formula is C13H23ClN4O. The number of halogens is 1. The second-order valence-corrected chi connectivity index (χ2v) is 4.92. The van der Waals surface area contributed by atoms with Crippen molar-refractivity contribution < 1.29 is 4.79 Å². The average molecular weight is 287 g/mol. The smallest absolute Gasteiger partial charge is 0.237 e. The van der Waals surface area contributed by atoms with Crippen LogP contribution in [0.3, 0.4) is 0 Å². The number of carbonyl (C=O) groups is 1. The van der Waals surface area contributed by atoms with Crippen LogP contribution in [0.2, 0.25) is 0 Å². The maximum atomic E-state index is 11.8. The molecule has 1 atom stereocenters. The molecule has 6 heteroatoms. The molecule has 5 nitrogen and oxygen atoms in total. The lowest BCUT2D eigenvalue weighted by Gasteiger charge is -2.22. The fraction of sp³-hybridized carbons (Fsp3) is 0.692. The number of carbonyl (C=O) groups excluding carboxylic acids is 1. The first-order chi connectivity index (χ1) is 8.75. The Morgan fingerprint density at radius 1 is 1.58 bits per heavy atom. The van der Waals surface area contributed by atoms with E-state index in [9.17, 15) is 4.79 Å². The van der Waals surface area contributed by atoms with Gasteiger partial charge in [0.25, 0.3) is 0 Å². The van der Waals surface area contributed by atoms with Gasteiger partial charge in [0.2, 0.25) is 5.91 Å². The Kier molecular flexibility index (Phi) is 6.87. The molecule has 2 N–H and O–H groups in total. The molecule has 1 amide bonds. The van der Waals surface area contributed by atoms with E-state index in [4.69, 9.17) is 0 Å². The van der Waals surface area contributed by atoms with Crippen LogP contribution in [0.25, 0.3) is 0 Å². The summed E-state index contributed by atoms with van der Waals surface area (Å²) < 4.78 is 1.81. The van der Waals surface area contributed by atoms with E-state index < -0.39 is 0 Å². The van der Waals surface area contributed by atoms with E-state index in [1.54, 1.807) is 4.68 Å². The van der Waals surface area contributed by atoms with Crippen molar-refractivity contribution in [3.63, 3.8) is 0 Å². The van der Waals surface area contributed by atoms with Gasteiger partial charge in [0.05, 0.1) is 12.2 Å². The van der Waals surface area contributed by atoms with Crippen molar-refractivity contribution in [1.29, 1.82) is 0 Å². The molecule has 0 aromatic carbocycles. The molecule has 0 bridgehead atoms. The summed E-state index contributed by atoms with van der Waals surface area (Å²) in [6.45, 7) is 1.71. The topological polar surface area (TPSA) is 59.0 Å². The van der Waals surface area contributed by atoms with Crippen LogP contribution in [0.4, 0.5) is 0 Å². The zero-order valence-electron chi connectivity index (χ0n) is 11.4. The zero-order chi connectivity index (χ0) is 12.8. The van der Waals surface area contributed by atoms with Gasteiger partial charge < -0.3 is 10.6 Å². The Morgan fingerprint density at radius 3 is 3.05 bits per heavy atom. The second-order valence-electron chi connectivity index (χ2n) is 4.92. The minimum atomic E-state index is 0. The molecule has 2 heterocycles. The SMILES string of the molecule is Cl.Cn1cc(CCCNC(=O)C2CCCCN2)cn1. The van der Waals surface area contributed by atoms with Gasteiger partial charge in [0.1, 0.15) is 0 Å². The third-order valence-electron chi connectivity index (χ3n) is 3.33. The zero-order valence-corrected chi connectivity index (χ0v) is 12.2. The van der Waals surface area contributed by atoms with E-state index in [2.05, 4.69) is 15.7 Å². The lowest BCUT2D eigenvalue weighted by atomic mass is 10.0. The van der Waals surface area contributed by atoms with Gasteiger partial charge in [-0.2, -0.15) is 5.10 Å².